The molecule has 0 unspecified atom stereocenters. The Bertz CT molecular complexity index is 452. The third-order valence-corrected chi connectivity index (χ3v) is 2.26. The van der Waals surface area contributed by atoms with Crippen molar-refractivity contribution in [2.75, 3.05) is 18.9 Å². The van der Waals surface area contributed by atoms with Crippen LogP contribution in [0, 0.1) is 0 Å². The quantitative estimate of drug-likeness (QED) is 0.794. The lowest BCUT2D eigenvalue weighted by Gasteiger charge is -2.20. The number of halogens is 1. The summed E-state index contributed by atoms with van der Waals surface area (Å²) >= 11 is 0. The molecule has 0 saturated carbocycles. The van der Waals surface area contributed by atoms with Crippen LogP contribution in [-0.4, -0.2) is 30.9 Å². The summed E-state index contributed by atoms with van der Waals surface area (Å²) in [5.41, 5.74) is 0.977. The molecule has 0 aromatic heterocycles. The van der Waals surface area contributed by atoms with Gasteiger partial charge in [-0.25, -0.2) is 0 Å². The smallest absolute Gasteiger partial charge is 0.251 e. The van der Waals surface area contributed by atoms with E-state index in [0.29, 0.717) is 11.3 Å². The molecule has 0 aliphatic carbocycles. The number of anilines is 1. The zero-order valence-corrected chi connectivity index (χ0v) is 13.1. The summed E-state index contributed by atoms with van der Waals surface area (Å²) in [4.78, 5) is 23.3. The van der Waals surface area contributed by atoms with E-state index < -0.39 is 0 Å². The van der Waals surface area contributed by atoms with Crippen LogP contribution in [0.15, 0.2) is 24.3 Å². The lowest BCUT2D eigenvalue weighted by molar-refractivity contribution is -0.115. The van der Waals surface area contributed by atoms with Crippen LogP contribution in [0.25, 0.3) is 0 Å². The number of hydrogen-bond donors (Lipinski definition) is 3. The molecular weight excluding hydrogens is 278 g/mol. The molecule has 1 rings (SSSR count). The Kier molecular flexibility index (Phi) is 7.24. The van der Waals surface area contributed by atoms with E-state index >= 15 is 0 Å². The first-order valence-electron chi connectivity index (χ1n) is 6.19. The van der Waals surface area contributed by atoms with Gasteiger partial charge in [0.2, 0.25) is 5.91 Å². The average molecular weight is 300 g/mol. The van der Waals surface area contributed by atoms with Gasteiger partial charge in [-0.2, -0.15) is 0 Å². The highest BCUT2D eigenvalue weighted by Crippen LogP contribution is 2.10. The maximum absolute atomic E-state index is 11.9. The molecule has 2 amide bonds. The largest absolute Gasteiger partial charge is 0.347 e. The number of nitrogens with one attached hydrogen (secondary N) is 3. The fourth-order valence-electron chi connectivity index (χ4n) is 1.48. The van der Waals surface area contributed by atoms with Crippen LogP contribution in [0.2, 0.25) is 0 Å². The molecule has 1 aromatic rings. The number of rotatable bonds is 4. The second-order valence-electron chi connectivity index (χ2n) is 5.36. The Balaban J connectivity index is 0.00000361. The fourth-order valence-corrected chi connectivity index (χ4v) is 1.48. The van der Waals surface area contributed by atoms with E-state index in [1.165, 1.54) is 0 Å². The van der Waals surface area contributed by atoms with E-state index in [0.717, 1.165) is 0 Å². The van der Waals surface area contributed by atoms with Gasteiger partial charge >= 0.3 is 0 Å². The van der Waals surface area contributed by atoms with Crippen molar-refractivity contribution in [3.05, 3.63) is 29.8 Å². The zero-order valence-electron chi connectivity index (χ0n) is 12.2. The highest BCUT2D eigenvalue weighted by molar-refractivity contribution is 5.96. The van der Waals surface area contributed by atoms with Crippen molar-refractivity contribution in [3.63, 3.8) is 0 Å². The summed E-state index contributed by atoms with van der Waals surface area (Å²) in [6, 6.07) is 6.81. The molecule has 0 spiro atoms. The number of likely N-dealkylation sites (N-methyl/N-ethyl adjacent to an activating group) is 1. The van der Waals surface area contributed by atoms with Gasteiger partial charge in [0, 0.05) is 16.8 Å². The van der Waals surface area contributed by atoms with Crippen LogP contribution in [0.1, 0.15) is 31.1 Å². The molecule has 0 saturated heterocycles. The first-order chi connectivity index (χ1) is 8.81. The molecule has 0 heterocycles. The first-order valence-corrected chi connectivity index (χ1v) is 6.19. The number of carbonyl (C=O) groups excluding carboxylic acids is 2. The fraction of sp³-hybridized carbons (Fsp3) is 0.429. The summed E-state index contributed by atoms with van der Waals surface area (Å²) in [5.74, 6) is -0.241. The van der Waals surface area contributed by atoms with Gasteiger partial charge in [0.05, 0.1) is 6.54 Å². The third-order valence-electron chi connectivity index (χ3n) is 2.26. The second kappa shape index (κ2) is 7.87. The Morgan fingerprint density at radius 3 is 2.10 bits per heavy atom. The summed E-state index contributed by atoms with van der Waals surface area (Å²) in [6.07, 6.45) is 0. The average Bonchev–Trinajstić information content (AvgIpc) is 2.27. The molecule has 112 valence electrons. The van der Waals surface area contributed by atoms with Gasteiger partial charge in [0.25, 0.3) is 5.91 Å². The number of amides is 2. The SMILES string of the molecule is CNCC(=O)Nc1ccc(C(=O)NC(C)(C)C)cc1.Cl. The van der Waals surface area contributed by atoms with E-state index in [1.807, 2.05) is 20.8 Å². The molecule has 0 atom stereocenters. The van der Waals surface area contributed by atoms with Crippen molar-refractivity contribution < 1.29 is 9.59 Å². The predicted octanol–water partition coefficient (Wildman–Crippen LogP) is 1.79. The number of hydrogen-bond acceptors (Lipinski definition) is 3. The van der Waals surface area contributed by atoms with Crippen LogP contribution >= 0.6 is 12.4 Å². The Hall–Kier alpha value is -1.59. The predicted molar refractivity (Wildman–Crippen MR) is 83.5 cm³/mol. The topological polar surface area (TPSA) is 70.2 Å². The van der Waals surface area contributed by atoms with Gasteiger partial charge in [-0.05, 0) is 52.1 Å². The van der Waals surface area contributed by atoms with Gasteiger partial charge in [0.15, 0.2) is 0 Å². The van der Waals surface area contributed by atoms with E-state index in [1.54, 1.807) is 31.3 Å². The molecule has 20 heavy (non-hydrogen) atoms. The molecule has 0 aliphatic heterocycles. The van der Waals surface area contributed by atoms with Crippen LogP contribution in [0.5, 0.6) is 0 Å². The van der Waals surface area contributed by atoms with Crippen LogP contribution in [-0.2, 0) is 4.79 Å². The maximum atomic E-state index is 11.9. The summed E-state index contributed by atoms with van der Waals surface area (Å²) < 4.78 is 0. The monoisotopic (exact) mass is 299 g/mol. The van der Waals surface area contributed by atoms with Gasteiger partial charge in [0.1, 0.15) is 0 Å². The molecular formula is C14H22ClN3O2. The summed E-state index contributed by atoms with van der Waals surface area (Å²) in [5, 5.41) is 8.37. The molecule has 1 aromatic carbocycles. The van der Waals surface area contributed by atoms with Gasteiger partial charge in [-0.3, -0.25) is 9.59 Å². The molecule has 0 aliphatic rings. The normalized spacial score (nSPS) is 10.4. The van der Waals surface area contributed by atoms with Crippen LogP contribution in [0.4, 0.5) is 5.69 Å². The molecule has 6 heteroatoms. The highest BCUT2D eigenvalue weighted by Gasteiger charge is 2.15. The molecule has 0 fully saturated rings. The van der Waals surface area contributed by atoms with Crippen molar-refractivity contribution in [1.29, 1.82) is 0 Å². The van der Waals surface area contributed by atoms with Crippen molar-refractivity contribution in [2.45, 2.75) is 26.3 Å². The molecule has 0 bridgehead atoms. The maximum Gasteiger partial charge on any atom is 0.251 e. The lowest BCUT2D eigenvalue weighted by Crippen LogP contribution is -2.40. The van der Waals surface area contributed by atoms with Crippen molar-refractivity contribution in [1.82, 2.24) is 10.6 Å². The molecule has 0 radical (unpaired) electrons. The van der Waals surface area contributed by atoms with Gasteiger partial charge < -0.3 is 16.0 Å². The number of benzene rings is 1. The number of carbonyl (C=O) groups is 2. The zero-order chi connectivity index (χ0) is 14.5. The van der Waals surface area contributed by atoms with E-state index in [2.05, 4.69) is 16.0 Å². The van der Waals surface area contributed by atoms with Crippen molar-refractivity contribution in [3.8, 4) is 0 Å². The minimum absolute atomic E-state index is 0. The third kappa shape index (κ3) is 6.54. The van der Waals surface area contributed by atoms with Crippen LogP contribution in [0.3, 0.4) is 0 Å². The van der Waals surface area contributed by atoms with Crippen molar-refractivity contribution >= 4 is 29.9 Å². The van der Waals surface area contributed by atoms with E-state index in [4.69, 9.17) is 0 Å². The Morgan fingerprint density at radius 1 is 1.10 bits per heavy atom. The summed E-state index contributed by atoms with van der Waals surface area (Å²) in [7, 11) is 1.71. The molecule has 5 nitrogen and oxygen atoms in total. The molecule has 3 N–H and O–H groups in total. The standard InChI is InChI=1S/C14H21N3O2.ClH/c1-14(2,3)17-13(19)10-5-7-11(8-6-10)16-12(18)9-15-4;/h5-8,15H,9H2,1-4H3,(H,16,18)(H,17,19);1H. The van der Waals surface area contributed by atoms with Gasteiger partial charge in [-0.15, -0.1) is 12.4 Å². The minimum Gasteiger partial charge on any atom is -0.347 e. The van der Waals surface area contributed by atoms with Crippen LogP contribution < -0.4 is 16.0 Å². The highest BCUT2D eigenvalue weighted by atomic mass is 35.5. The summed E-state index contributed by atoms with van der Waals surface area (Å²) in [6.45, 7) is 6.04. The van der Waals surface area contributed by atoms with E-state index in [-0.39, 0.29) is 36.3 Å². The Morgan fingerprint density at radius 2 is 1.65 bits per heavy atom. The first kappa shape index (κ1) is 18.4. The Labute approximate surface area is 125 Å². The van der Waals surface area contributed by atoms with Gasteiger partial charge in [-0.1, -0.05) is 0 Å². The lowest BCUT2D eigenvalue weighted by atomic mass is 10.1. The second-order valence-corrected chi connectivity index (χ2v) is 5.36. The van der Waals surface area contributed by atoms with Crippen molar-refractivity contribution in [2.24, 2.45) is 0 Å². The van der Waals surface area contributed by atoms with E-state index in [9.17, 15) is 9.59 Å². The minimum atomic E-state index is -0.267.